The van der Waals surface area contributed by atoms with Crippen molar-refractivity contribution >= 4 is 22.5 Å². The van der Waals surface area contributed by atoms with Crippen molar-refractivity contribution in [3.05, 3.63) is 77.9 Å². The number of nitrogens with zero attached hydrogens (tertiary/aromatic N) is 3. The molecule has 2 heterocycles. The minimum atomic E-state index is -0.384. The second-order valence-corrected chi connectivity index (χ2v) is 7.46. The highest BCUT2D eigenvalue weighted by atomic mass is 19.1. The molecule has 7 heteroatoms. The lowest BCUT2D eigenvalue weighted by Gasteiger charge is -2.30. The Kier molecular flexibility index (Phi) is 4.51. The number of hydrogen-bond donors (Lipinski definition) is 2. The number of aryl methyl sites for hydroxylation is 1. The molecule has 3 aromatic carbocycles. The average molecular weight is 415 g/mol. The Labute approximate surface area is 177 Å². The minimum absolute atomic E-state index is 0.109. The van der Waals surface area contributed by atoms with Gasteiger partial charge in [0.15, 0.2) is 0 Å². The second-order valence-electron chi connectivity index (χ2n) is 7.46. The Hall–Kier alpha value is -4.00. The van der Waals surface area contributed by atoms with E-state index < -0.39 is 0 Å². The minimum Gasteiger partial charge on any atom is -0.508 e. The van der Waals surface area contributed by atoms with Gasteiger partial charge in [0, 0.05) is 23.9 Å². The first-order valence-corrected chi connectivity index (χ1v) is 9.89. The number of halogens is 1. The molecule has 2 N–H and O–H groups in total. The van der Waals surface area contributed by atoms with Crippen LogP contribution < -0.4 is 4.90 Å². The molecule has 0 aliphatic carbocycles. The van der Waals surface area contributed by atoms with Crippen LogP contribution in [-0.2, 0) is 6.42 Å². The van der Waals surface area contributed by atoms with Crippen LogP contribution in [0.2, 0.25) is 0 Å². The van der Waals surface area contributed by atoms with Crippen LogP contribution in [0.3, 0.4) is 0 Å². The molecule has 4 aromatic rings. The van der Waals surface area contributed by atoms with Gasteiger partial charge in [-0.3, -0.25) is 4.79 Å². The zero-order valence-electron chi connectivity index (χ0n) is 16.4. The fourth-order valence-corrected chi connectivity index (χ4v) is 4.09. The molecule has 0 atom stereocenters. The van der Waals surface area contributed by atoms with Crippen LogP contribution in [0.25, 0.3) is 22.2 Å². The molecule has 1 aliphatic rings. The Bertz CT molecular complexity index is 1330. The summed E-state index contributed by atoms with van der Waals surface area (Å²) in [5, 5.41) is 20.0. The summed E-state index contributed by atoms with van der Waals surface area (Å²) in [7, 11) is 0. The summed E-state index contributed by atoms with van der Waals surface area (Å²) in [5.41, 5.74) is 3.59. The summed E-state index contributed by atoms with van der Waals surface area (Å²) in [6.07, 6.45) is 2.93. The number of fused-ring (bicyclic) bond motifs is 2. The van der Waals surface area contributed by atoms with E-state index >= 15 is 0 Å². The molecule has 31 heavy (non-hydrogen) atoms. The summed E-state index contributed by atoms with van der Waals surface area (Å²) in [5.74, 6) is -1.10. The molecule has 1 aromatic heterocycles. The molecule has 0 fully saturated rings. The third-order valence-electron chi connectivity index (χ3n) is 5.54. The van der Waals surface area contributed by atoms with Crippen LogP contribution in [0.4, 0.5) is 10.1 Å². The normalized spacial score (nSPS) is 13.3. The van der Waals surface area contributed by atoms with Gasteiger partial charge in [-0.2, -0.15) is 0 Å². The fourth-order valence-electron chi connectivity index (χ4n) is 4.09. The topological polar surface area (TPSA) is 86.5 Å². The number of phenols is 2. The Balaban J connectivity index is 1.57. The van der Waals surface area contributed by atoms with Gasteiger partial charge in [0.25, 0.3) is 5.91 Å². The van der Waals surface area contributed by atoms with Gasteiger partial charge in [-0.1, -0.05) is 12.1 Å². The summed E-state index contributed by atoms with van der Waals surface area (Å²) >= 11 is 0. The maximum atomic E-state index is 14.5. The highest BCUT2D eigenvalue weighted by molar-refractivity contribution is 6.08. The molecule has 1 aliphatic heterocycles. The number of aromatic hydroxyl groups is 2. The van der Waals surface area contributed by atoms with Gasteiger partial charge in [-0.05, 0) is 54.8 Å². The number of carbonyl (C=O) groups excluding carboxylic acids is 1. The van der Waals surface area contributed by atoms with Gasteiger partial charge >= 0.3 is 0 Å². The molecule has 1 amide bonds. The SMILES string of the molecule is O=C(c1ccc(O)cc1O)N1CCCc2cc(-c3ncnc4cccc(F)c34)ccc21. The second kappa shape index (κ2) is 7.36. The van der Waals surface area contributed by atoms with Crippen LogP contribution in [0.15, 0.2) is 60.9 Å². The molecule has 0 saturated heterocycles. The highest BCUT2D eigenvalue weighted by Crippen LogP contribution is 2.35. The summed E-state index contributed by atoms with van der Waals surface area (Å²) in [6, 6.07) is 14.2. The number of amides is 1. The molecule has 0 spiro atoms. The van der Waals surface area contributed by atoms with Gasteiger partial charge < -0.3 is 15.1 Å². The Morgan fingerprint density at radius 3 is 2.74 bits per heavy atom. The molecular formula is C24H18FN3O3. The quantitative estimate of drug-likeness (QED) is 0.506. The van der Waals surface area contributed by atoms with E-state index in [-0.39, 0.29) is 28.8 Å². The summed E-state index contributed by atoms with van der Waals surface area (Å²) in [4.78, 5) is 23.2. The third kappa shape index (κ3) is 3.24. The van der Waals surface area contributed by atoms with E-state index in [0.717, 1.165) is 35.7 Å². The number of rotatable bonds is 2. The van der Waals surface area contributed by atoms with Crippen molar-refractivity contribution in [2.75, 3.05) is 11.4 Å². The van der Waals surface area contributed by atoms with Crippen molar-refractivity contribution in [1.29, 1.82) is 0 Å². The van der Waals surface area contributed by atoms with E-state index in [1.807, 2.05) is 18.2 Å². The van der Waals surface area contributed by atoms with Gasteiger partial charge in [0.05, 0.1) is 22.2 Å². The van der Waals surface area contributed by atoms with Crippen molar-refractivity contribution in [2.45, 2.75) is 12.8 Å². The van der Waals surface area contributed by atoms with Gasteiger partial charge in [0.1, 0.15) is 23.6 Å². The van der Waals surface area contributed by atoms with Crippen LogP contribution in [0, 0.1) is 5.82 Å². The first kappa shape index (κ1) is 19.0. The predicted molar refractivity (Wildman–Crippen MR) is 115 cm³/mol. The summed E-state index contributed by atoms with van der Waals surface area (Å²) < 4.78 is 14.5. The first-order chi connectivity index (χ1) is 15.0. The lowest BCUT2D eigenvalue weighted by molar-refractivity contribution is 0.0982. The largest absolute Gasteiger partial charge is 0.508 e. The monoisotopic (exact) mass is 415 g/mol. The first-order valence-electron chi connectivity index (χ1n) is 9.89. The van der Waals surface area contributed by atoms with Crippen LogP contribution in [-0.4, -0.2) is 32.6 Å². The van der Waals surface area contributed by atoms with Gasteiger partial charge in [-0.25, -0.2) is 14.4 Å². The molecule has 0 unspecified atom stereocenters. The fraction of sp³-hybridized carbons (Fsp3) is 0.125. The van der Waals surface area contributed by atoms with Crippen molar-refractivity contribution < 1.29 is 19.4 Å². The number of benzene rings is 3. The summed E-state index contributed by atoms with van der Waals surface area (Å²) in [6.45, 7) is 0.510. The number of aromatic nitrogens is 2. The van der Waals surface area contributed by atoms with Crippen molar-refractivity contribution in [3.63, 3.8) is 0 Å². The number of phenolic OH excluding ortho intramolecular Hbond substituents is 2. The maximum absolute atomic E-state index is 14.5. The Morgan fingerprint density at radius 2 is 1.90 bits per heavy atom. The molecule has 0 bridgehead atoms. The predicted octanol–water partition coefficient (Wildman–Crippen LogP) is 4.44. The van der Waals surface area contributed by atoms with E-state index in [2.05, 4.69) is 9.97 Å². The molecule has 0 saturated carbocycles. The lowest BCUT2D eigenvalue weighted by atomic mass is 9.96. The number of anilines is 1. The van der Waals surface area contributed by atoms with Crippen LogP contribution in [0.5, 0.6) is 11.5 Å². The molecule has 154 valence electrons. The maximum Gasteiger partial charge on any atom is 0.262 e. The molecule has 6 nitrogen and oxygen atoms in total. The van der Waals surface area contributed by atoms with Crippen molar-refractivity contribution in [2.24, 2.45) is 0 Å². The highest BCUT2D eigenvalue weighted by Gasteiger charge is 2.26. The molecule has 5 rings (SSSR count). The lowest BCUT2D eigenvalue weighted by Crippen LogP contribution is -2.35. The number of carbonyl (C=O) groups is 1. The average Bonchev–Trinajstić information content (AvgIpc) is 2.78. The van der Waals surface area contributed by atoms with Gasteiger partial charge in [-0.15, -0.1) is 0 Å². The van der Waals surface area contributed by atoms with E-state index in [1.165, 1.54) is 24.5 Å². The number of hydrogen-bond acceptors (Lipinski definition) is 5. The molecular weight excluding hydrogens is 397 g/mol. The zero-order valence-corrected chi connectivity index (χ0v) is 16.4. The van der Waals surface area contributed by atoms with Crippen molar-refractivity contribution in [1.82, 2.24) is 9.97 Å². The van der Waals surface area contributed by atoms with Gasteiger partial charge in [0.2, 0.25) is 0 Å². The van der Waals surface area contributed by atoms with Crippen molar-refractivity contribution in [3.8, 4) is 22.8 Å². The Morgan fingerprint density at radius 1 is 1.03 bits per heavy atom. The van der Waals surface area contributed by atoms with Crippen LogP contribution in [0.1, 0.15) is 22.3 Å². The van der Waals surface area contributed by atoms with E-state index in [0.29, 0.717) is 23.1 Å². The smallest absolute Gasteiger partial charge is 0.262 e. The molecule has 0 radical (unpaired) electrons. The third-order valence-corrected chi connectivity index (χ3v) is 5.54. The van der Waals surface area contributed by atoms with Crippen LogP contribution >= 0.6 is 0 Å². The van der Waals surface area contributed by atoms with E-state index in [4.69, 9.17) is 0 Å². The zero-order chi connectivity index (χ0) is 21.5. The standard InChI is InChI=1S/C24H18FN3O3/c25-18-4-1-5-19-22(18)23(27-13-26-19)15-6-9-20-14(11-15)3-2-10-28(20)24(31)17-8-7-16(29)12-21(17)30/h1,4-9,11-13,29-30H,2-3,10H2. The van der Waals surface area contributed by atoms with E-state index in [1.54, 1.807) is 17.0 Å². The van der Waals surface area contributed by atoms with E-state index in [9.17, 15) is 19.4 Å².